The van der Waals surface area contributed by atoms with E-state index in [2.05, 4.69) is 10.1 Å². The number of benzene rings is 2. The molecule has 0 aromatic heterocycles. The van der Waals surface area contributed by atoms with Crippen LogP contribution < -0.4 is 9.47 Å². The maximum atomic E-state index is 12.5. The summed E-state index contributed by atoms with van der Waals surface area (Å²) in [4.78, 5) is 28.7. The Balaban J connectivity index is 1.50. The molecule has 2 aromatic rings. The van der Waals surface area contributed by atoms with E-state index in [-0.39, 0.29) is 26.7 Å². The molecule has 4 rings (SSSR count). The first-order valence-corrected chi connectivity index (χ1v) is 12.4. The maximum absolute atomic E-state index is 12.5. The molecule has 0 atom stereocenters. The molecule has 0 saturated carbocycles. The second kappa shape index (κ2) is 9.23. The van der Waals surface area contributed by atoms with Gasteiger partial charge >= 0.3 is 5.97 Å². The van der Waals surface area contributed by atoms with Gasteiger partial charge in [0.05, 0.1) is 24.0 Å². The third kappa shape index (κ3) is 4.63. The fourth-order valence-electron chi connectivity index (χ4n) is 2.92. The molecule has 0 bridgehead atoms. The van der Waals surface area contributed by atoms with Crippen LogP contribution in [0.25, 0.3) is 6.08 Å². The molecule has 34 heavy (non-hydrogen) atoms. The Kier molecular flexibility index (Phi) is 6.35. The van der Waals surface area contributed by atoms with Crippen molar-refractivity contribution < 1.29 is 27.5 Å². The van der Waals surface area contributed by atoms with Crippen molar-refractivity contribution in [3.8, 4) is 11.5 Å². The molecule has 0 aliphatic carbocycles. The molecule has 0 spiro atoms. The van der Waals surface area contributed by atoms with Crippen LogP contribution in [0.5, 0.6) is 11.5 Å². The maximum Gasteiger partial charge on any atom is 0.343 e. The summed E-state index contributed by atoms with van der Waals surface area (Å²) >= 11 is 0.743. The van der Waals surface area contributed by atoms with Crippen LogP contribution in [0.3, 0.4) is 0 Å². The number of aliphatic imine (C=N–C) groups is 1. The predicted molar refractivity (Wildman–Crippen MR) is 129 cm³/mol. The van der Waals surface area contributed by atoms with Crippen molar-refractivity contribution in [3.63, 3.8) is 0 Å². The van der Waals surface area contributed by atoms with Gasteiger partial charge < -0.3 is 9.47 Å². The largest absolute Gasteiger partial charge is 0.497 e. The van der Waals surface area contributed by atoms with Crippen LogP contribution in [0.4, 0.5) is 0 Å². The average molecular weight is 499 g/mol. The zero-order chi connectivity index (χ0) is 24.5. The lowest BCUT2D eigenvalue weighted by Gasteiger charge is -2.20. The van der Waals surface area contributed by atoms with Gasteiger partial charge in [-0.05, 0) is 59.8 Å². The molecule has 2 aromatic carbocycles. The van der Waals surface area contributed by atoms with Crippen LogP contribution in [0.1, 0.15) is 22.8 Å². The molecule has 0 unspecified atom stereocenters. The SMILES string of the molecule is CCS(=O)(=O)C1=NN2C(=N)/C(=C\c3ccc(OC(=O)c4ccc(OC)cc4)cc3)C(=O)N=C2S1. The molecule has 174 valence electrons. The van der Waals surface area contributed by atoms with Crippen molar-refractivity contribution in [2.75, 3.05) is 12.9 Å². The number of amidine groups is 2. The summed E-state index contributed by atoms with van der Waals surface area (Å²) in [6.07, 6.45) is 1.44. The van der Waals surface area contributed by atoms with Gasteiger partial charge in [-0.3, -0.25) is 10.2 Å². The fourth-order valence-corrected chi connectivity index (χ4v) is 5.08. The highest BCUT2D eigenvalue weighted by Crippen LogP contribution is 2.30. The number of methoxy groups -OCH3 is 1. The lowest BCUT2D eigenvalue weighted by Crippen LogP contribution is -2.35. The van der Waals surface area contributed by atoms with E-state index in [1.165, 1.54) is 20.1 Å². The normalized spacial score (nSPS) is 16.8. The van der Waals surface area contributed by atoms with E-state index in [1.807, 2.05) is 0 Å². The first kappa shape index (κ1) is 23.4. The highest BCUT2D eigenvalue weighted by atomic mass is 32.3. The van der Waals surface area contributed by atoms with E-state index in [0.717, 1.165) is 16.8 Å². The minimum absolute atomic E-state index is 0.0277. The summed E-state index contributed by atoms with van der Waals surface area (Å²) in [7, 11) is -2.07. The van der Waals surface area contributed by atoms with Gasteiger partial charge in [-0.2, -0.15) is 10.0 Å². The second-order valence-corrected chi connectivity index (χ2v) is 10.4. The molecule has 0 saturated heterocycles. The third-order valence-corrected chi connectivity index (χ3v) is 7.90. The number of esters is 1. The lowest BCUT2D eigenvalue weighted by molar-refractivity contribution is -0.114. The minimum Gasteiger partial charge on any atom is -0.497 e. The summed E-state index contributed by atoms with van der Waals surface area (Å²) in [5.41, 5.74) is 0.856. The van der Waals surface area contributed by atoms with Gasteiger partial charge in [-0.25, -0.2) is 13.2 Å². The zero-order valence-corrected chi connectivity index (χ0v) is 19.6. The average Bonchev–Trinajstić information content (AvgIpc) is 3.28. The van der Waals surface area contributed by atoms with Crippen LogP contribution >= 0.6 is 11.8 Å². The van der Waals surface area contributed by atoms with Crippen molar-refractivity contribution in [1.29, 1.82) is 5.41 Å². The monoisotopic (exact) mass is 498 g/mol. The van der Waals surface area contributed by atoms with Crippen molar-refractivity contribution >= 4 is 54.9 Å². The van der Waals surface area contributed by atoms with E-state index in [1.54, 1.807) is 48.5 Å². The number of nitrogens with zero attached hydrogens (tertiary/aromatic N) is 3. The highest BCUT2D eigenvalue weighted by Gasteiger charge is 2.39. The summed E-state index contributed by atoms with van der Waals surface area (Å²) in [5, 5.41) is 13.3. The van der Waals surface area contributed by atoms with Crippen LogP contribution in [0.15, 0.2) is 64.2 Å². The Morgan fingerprint density at radius 2 is 1.76 bits per heavy atom. The van der Waals surface area contributed by atoms with Gasteiger partial charge in [0.15, 0.2) is 5.84 Å². The quantitative estimate of drug-likeness (QED) is 0.377. The Hall–Kier alpha value is -3.77. The van der Waals surface area contributed by atoms with Gasteiger partial charge in [0.25, 0.3) is 5.91 Å². The summed E-state index contributed by atoms with van der Waals surface area (Å²) in [6, 6.07) is 12.8. The predicted octanol–water partition coefficient (Wildman–Crippen LogP) is 2.93. The molecule has 10 nitrogen and oxygen atoms in total. The Morgan fingerprint density at radius 1 is 1.12 bits per heavy atom. The standard InChI is InChI=1S/C22H18N4O6S2/c1-3-34(29,30)22-25-26-18(23)17(19(27)24-21(26)33-22)12-13-4-8-16(9-5-13)32-20(28)14-6-10-15(31-2)11-7-14/h4-12,23H,3H2,1-2H3/b17-12+,23-18?. The zero-order valence-electron chi connectivity index (χ0n) is 18.0. The lowest BCUT2D eigenvalue weighted by atomic mass is 10.1. The van der Waals surface area contributed by atoms with Gasteiger partial charge in [-0.1, -0.05) is 19.1 Å². The van der Waals surface area contributed by atoms with Crippen molar-refractivity contribution in [3.05, 3.63) is 65.2 Å². The topological polar surface area (TPSA) is 139 Å². The Morgan fingerprint density at radius 3 is 2.38 bits per heavy atom. The first-order valence-electron chi connectivity index (χ1n) is 9.91. The number of ether oxygens (including phenoxy) is 2. The second-order valence-electron chi connectivity index (χ2n) is 6.98. The molecule has 2 aliphatic heterocycles. The van der Waals surface area contributed by atoms with Crippen LogP contribution in [0.2, 0.25) is 0 Å². The van der Waals surface area contributed by atoms with Gasteiger partial charge in [-0.15, -0.1) is 5.10 Å². The third-order valence-electron chi connectivity index (χ3n) is 4.81. The molecule has 2 aliphatic rings. The number of nitrogens with one attached hydrogen (secondary N) is 1. The molecule has 0 fully saturated rings. The summed E-state index contributed by atoms with van der Waals surface area (Å²) in [6.45, 7) is 1.48. The molecule has 1 N–H and O–H groups in total. The molecule has 1 amide bonds. The number of carbonyl (C=O) groups excluding carboxylic acids is 2. The molecular weight excluding hydrogens is 480 g/mol. The van der Waals surface area contributed by atoms with Crippen LogP contribution in [-0.2, 0) is 14.6 Å². The van der Waals surface area contributed by atoms with E-state index in [0.29, 0.717) is 22.6 Å². The smallest absolute Gasteiger partial charge is 0.343 e. The molecule has 0 radical (unpaired) electrons. The number of amides is 1. The number of hydrogen-bond acceptors (Lipinski definition) is 9. The Labute approximate surface area is 199 Å². The molecular formula is C22H18N4O6S2. The number of thioether (sulfide) groups is 1. The van der Waals surface area contributed by atoms with Crippen LogP contribution in [0, 0.1) is 5.41 Å². The number of hydrazone groups is 1. The van der Waals surface area contributed by atoms with E-state index >= 15 is 0 Å². The minimum atomic E-state index is -3.60. The van der Waals surface area contributed by atoms with Gasteiger partial charge in [0.1, 0.15) is 11.5 Å². The van der Waals surface area contributed by atoms with E-state index in [4.69, 9.17) is 14.9 Å². The van der Waals surface area contributed by atoms with Crippen LogP contribution in [-0.4, -0.2) is 53.5 Å². The van der Waals surface area contributed by atoms with E-state index in [9.17, 15) is 18.0 Å². The first-order chi connectivity index (χ1) is 16.2. The Bertz CT molecular complexity index is 1380. The van der Waals surface area contributed by atoms with Crippen molar-refractivity contribution in [2.24, 2.45) is 10.1 Å². The number of sulfone groups is 1. The number of rotatable bonds is 5. The molecule has 12 heteroatoms. The molecule has 2 heterocycles. The number of fused-ring (bicyclic) bond motifs is 1. The van der Waals surface area contributed by atoms with Crippen molar-refractivity contribution in [1.82, 2.24) is 5.01 Å². The van der Waals surface area contributed by atoms with Crippen molar-refractivity contribution in [2.45, 2.75) is 6.92 Å². The fraction of sp³-hybridized carbons (Fsp3) is 0.136. The number of carbonyl (C=O) groups is 2. The number of hydrogen-bond donors (Lipinski definition) is 1. The van der Waals surface area contributed by atoms with E-state index < -0.39 is 21.7 Å². The van der Waals surface area contributed by atoms with Gasteiger partial charge in [0, 0.05) is 0 Å². The summed E-state index contributed by atoms with van der Waals surface area (Å²) < 4.78 is 34.4. The van der Waals surface area contributed by atoms with Gasteiger partial charge in [0.2, 0.25) is 19.4 Å². The highest BCUT2D eigenvalue weighted by molar-refractivity contribution is 8.42. The summed E-state index contributed by atoms with van der Waals surface area (Å²) in [5.74, 6) is -0.734.